The maximum absolute atomic E-state index is 12.8. The minimum atomic E-state index is -2.36. The topological polar surface area (TPSA) is 222 Å². The number of halogens is 6. The first-order valence-electron chi connectivity index (χ1n) is 19.7. The van der Waals surface area contributed by atoms with E-state index in [4.69, 9.17) is 32.7 Å². The normalized spacial score (nSPS) is 38.3. The molecule has 4 aliphatic rings. The molecule has 0 radical (unpaired) electrons. The maximum atomic E-state index is 12.8. The average Bonchev–Trinajstić information content (AvgIpc) is 3.55. The van der Waals surface area contributed by atoms with Gasteiger partial charge in [-0.05, 0) is 89.8 Å². The molecule has 10 N–H and O–H groups in total. The first kappa shape index (κ1) is 51.9. The number of amides is 2. The fourth-order valence-electron chi connectivity index (χ4n) is 7.82. The van der Waals surface area contributed by atoms with E-state index < -0.39 is 107 Å². The van der Waals surface area contributed by atoms with Crippen LogP contribution >= 0.6 is 46.7 Å². The van der Waals surface area contributed by atoms with E-state index in [0.29, 0.717) is 51.6 Å². The zero-order valence-electron chi connectivity index (χ0n) is 33.0. The first-order valence-corrected chi connectivity index (χ1v) is 23.1. The second kappa shape index (κ2) is 25.0. The summed E-state index contributed by atoms with van der Waals surface area (Å²) in [6.07, 6.45) is -8.98. The van der Waals surface area contributed by atoms with E-state index in [2.05, 4.69) is 21.3 Å². The lowest BCUT2D eigenvalue weighted by Gasteiger charge is -2.44. The summed E-state index contributed by atoms with van der Waals surface area (Å²) < 4.78 is 62.0. The Kier molecular flexibility index (Phi) is 22.4. The number of ether oxygens (including phenoxy) is 2. The first-order chi connectivity index (χ1) is 27.3. The second-order valence-corrected chi connectivity index (χ2v) is 18.8. The molecule has 4 aliphatic heterocycles. The molecule has 4 heterocycles. The fourth-order valence-corrected chi connectivity index (χ4v) is 9.59. The van der Waals surface area contributed by atoms with Crippen LogP contribution in [-0.4, -0.2) is 176 Å². The Morgan fingerprint density at radius 1 is 0.621 bits per heavy atom. The highest BCUT2D eigenvalue weighted by atomic mass is 35.5. The highest BCUT2D eigenvalue weighted by molar-refractivity contribution is 7.99. The number of hydrogen-bond acceptors (Lipinski definition) is 14. The van der Waals surface area contributed by atoms with Crippen LogP contribution in [0.5, 0.6) is 0 Å². The van der Waals surface area contributed by atoms with E-state index in [-0.39, 0.29) is 36.5 Å². The number of aliphatic hydroxyl groups is 6. The summed E-state index contributed by atoms with van der Waals surface area (Å²) >= 11 is 14.9. The summed E-state index contributed by atoms with van der Waals surface area (Å²) in [5.41, 5.74) is -1.56. The third-order valence-corrected chi connectivity index (χ3v) is 13.5. The molecule has 0 aromatic carbocycles. The van der Waals surface area contributed by atoms with E-state index in [1.54, 1.807) is 26.4 Å². The average molecular weight is 922 g/mol. The van der Waals surface area contributed by atoms with Crippen molar-refractivity contribution in [2.45, 2.75) is 173 Å². The van der Waals surface area contributed by atoms with Crippen molar-refractivity contribution >= 4 is 58.5 Å². The van der Waals surface area contributed by atoms with Crippen LogP contribution in [0.25, 0.3) is 0 Å². The van der Waals surface area contributed by atoms with E-state index in [1.807, 2.05) is 0 Å². The van der Waals surface area contributed by atoms with Gasteiger partial charge in [-0.3, -0.25) is 9.59 Å². The Balaban J connectivity index is 0.000000310. The third-order valence-electron chi connectivity index (χ3n) is 11.3. The van der Waals surface area contributed by atoms with Crippen molar-refractivity contribution in [3.05, 3.63) is 0 Å². The van der Waals surface area contributed by atoms with Crippen LogP contribution in [0.15, 0.2) is 0 Å². The van der Waals surface area contributed by atoms with Gasteiger partial charge in [-0.25, -0.2) is 17.6 Å². The van der Waals surface area contributed by atoms with Gasteiger partial charge in [0.15, 0.2) is 0 Å². The molecule has 14 nitrogen and oxygen atoms in total. The number of nitrogens with one attached hydrogen (secondary N) is 4. The van der Waals surface area contributed by atoms with Gasteiger partial charge in [0, 0.05) is 12.8 Å². The van der Waals surface area contributed by atoms with Crippen LogP contribution in [-0.2, 0) is 19.1 Å². The predicted molar refractivity (Wildman–Crippen MR) is 214 cm³/mol. The van der Waals surface area contributed by atoms with Crippen LogP contribution in [0, 0.1) is 11.8 Å². The Labute approximate surface area is 356 Å². The zero-order chi connectivity index (χ0) is 43.4. The summed E-state index contributed by atoms with van der Waals surface area (Å²) in [5.74, 6) is -0.995. The van der Waals surface area contributed by atoms with Crippen LogP contribution in [0.4, 0.5) is 17.6 Å². The molecule has 16 unspecified atom stereocenters. The van der Waals surface area contributed by atoms with Crippen molar-refractivity contribution < 1.29 is 67.3 Å². The number of rotatable bonds is 14. The van der Waals surface area contributed by atoms with Gasteiger partial charge < -0.3 is 61.4 Å². The van der Waals surface area contributed by atoms with Crippen LogP contribution in [0.2, 0.25) is 0 Å². The van der Waals surface area contributed by atoms with Crippen LogP contribution in [0.1, 0.15) is 65.2 Å². The molecule has 18 atom stereocenters. The minimum absolute atomic E-state index is 0.134. The van der Waals surface area contributed by atoms with Gasteiger partial charge in [-0.1, -0.05) is 0 Å². The molecular weight excluding hydrogens is 859 g/mol. The molecule has 0 aromatic rings. The molecule has 4 fully saturated rings. The number of aliphatic hydroxyl groups excluding tert-OH is 6. The largest absolute Gasteiger partial charge is 0.388 e. The lowest BCUT2D eigenvalue weighted by molar-refractivity contribution is -0.205. The van der Waals surface area contributed by atoms with Crippen LogP contribution < -0.4 is 21.3 Å². The van der Waals surface area contributed by atoms with E-state index >= 15 is 0 Å². The van der Waals surface area contributed by atoms with Crippen molar-refractivity contribution in [3.63, 3.8) is 0 Å². The molecule has 0 aliphatic carbocycles. The van der Waals surface area contributed by atoms with Gasteiger partial charge in [0.2, 0.25) is 24.7 Å². The van der Waals surface area contributed by atoms with E-state index in [1.165, 1.54) is 23.5 Å². The van der Waals surface area contributed by atoms with Gasteiger partial charge in [0.1, 0.15) is 59.7 Å². The Morgan fingerprint density at radius 2 is 0.966 bits per heavy atom. The molecule has 4 rings (SSSR count). The molecule has 2 amide bonds. The summed E-state index contributed by atoms with van der Waals surface area (Å²) in [6, 6.07) is -2.78. The number of carbonyl (C=O) groups is 2. The Hall–Kier alpha value is -0.460. The molecule has 0 bridgehead atoms. The van der Waals surface area contributed by atoms with Gasteiger partial charge in [-0.2, -0.15) is 0 Å². The molecule has 58 heavy (non-hydrogen) atoms. The fraction of sp³-hybridized carbons (Fsp3) is 0.944. The van der Waals surface area contributed by atoms with Crippen LogP contribution in [0.3, 0.4) is 0 Å². The molecule has 0 spiro atoms. The number of hydrogen-bond donors (Lipinski definition) is 10. The van der Waals surface area contributed by atoms with E-state index in [0.717, 1.165) is 0 Å². The van der Waals surface area contributed by atoms with Gasteiger partial charge in [0.25, 0.3) is 0 Å². The smallest absolute Gasteiger partial charge is 0.238 e. The number of carbonyl (C=O) groups excluding carboxylic acids is 2. The quantitative estimate of drug-likeness (QED) is 0.0880. The van der Waals surface area contributed by atoms with E-state index in [9.17, 15) is 57.8 Å². The maximum Gasteiger partial charge on any atom is 0.238 e. The SMILES string of the molecule is CSC1OC(C(NC(=O)C2CC[C@@H](CC(F)F)CCN2)C(C)Cl)C(O)C(O)C1O.CSC1OC(C(NC(=O)C2CC[C@H](CC(F)F)CCN2)C(C)Cl)C(O)C(O)C1O. The highest BCUT2D eigenvalue weighted by Crippen LogP contribution is 2.32. The van der Waals surface area contributed by atoms with Gasteiger partial charge in [0.05, 0.1) is 34.9 Å². The number of thioether (sulfide) groups is 2. The standard InChI is InChI=1S/2C18H31ClF2N2O5S/c2*1-8(19)12(16-14(25)13(24)15(26)18(28-16)29-2)23-17(27)10-4-3-9(5-6-22-10)7-11(20)21/h2*8-16,18,22,24-26H,3-7H2,1-2H3,(H,23,27)/t2*8?,9-,10?,12?,13?,14?,15?,16?,18?/m10/s1. The molecule has 0 aromatic heterocycles. The Bertz CT molecular complexity index is 1160. The van der Waals surface area contributed by atoms with Crippen molar-refractivity contribution in [1.29, 1.82) is 0 Å². The lowest BCUT2D eigenvalue weighted by atomic mass is 9.92. The zero-order valence-corrected chi connectivity index (χ0v) is 36.2. The molecule has 340 valence electrons. The van der Waals surface area contributed by atoms with Gasteiger partial charge in [-0.15, -0.1) is 46.7 Å². The summed E-state index contributed by atoms with van der Waals surface area (Å²) in [7, 11) is 0. The highest BCUT2D eigenvalue weighted by Gasteiger charge is 2.49. The summed E-state index contributed by atoms with van der Waals surface area (Å²) in [5, 5.41) is 71.5. The van der Waals surface area contributed by atoms with Crippen molar-refractivity contribution in [1.82, 2.24) is 21.3 Å². The predicted octanol–water partition coefficient (Wildman–Crippen LogP) is 1.37. The second-order valence-electron chi connectivity index (χ2n) is 15.5. The molecule has 4 saturated heterocycles. The van der Waals surface area contributed by atoms with Gasteiger partial charge >= 0.3 is 0 Å². The van der Waals surface area contributed by atoms with Crippen molar-refractivity contribution in [3.8, 4) is 0 Å². The minimum Gasteiger partial charge on any atom is -0.388 e. The lowest BCUT2D eigenvalue weighted by Crippen LogP contribution is -2.65. The number of alkyl halides is 6. The van der Waals surface area contributed by atoms with Crippen molar-refractivity contribution in [2.75, 3.05) is 25.6 Å². The summed E-state index contributed by atoms with van der Waals surface area (Å²) in [6.45, 7) is 4.18. The molecule has 22 heteroatoms. The summed E-state index contributed by atoms with van der Waals surface area (Å²) in [4.78, 5) is 25.6. The monoisotopic (exact) mass is 920 g/mol. The third kappa shape index (κ3) is 14.8. The molecule has 0 saturated carbocycles. The Morgan fingerprint density at radius 3 is 1.26 bits per heavy atom. The van der Waals surface area contributed by atoms with Crippen molar-refractivity contribution in [2.24, 2.45) is 11.8 Å². The molecular formula is C36H62Cl2F4N4O10S2.